The molecule has 1 N–H and O–H groups in total. The minimum atomic E-state index is -3.45. The minimum absolute atomic E-state index is 0.0628. The molecule has 0 saturated heterocycles. The van der Waals surface area contributed by atoms with Crippen molar-refractivity contribution in [2.75, 3.05) is 11.9 Å². The van der Waals surface area contributed by atoms with Gasteiger partial charge in [-0.2, -0.15) is 0 Å². The highest BCUT2D eigenvalue weighted by molar-refractivity contribution is 7.92. The Morgan fingerprint density at radius 3 is 2.63 bits per heavy atom. The highest BCUT2D eigenvalue weighted by Crippen LogP contribution is 2.28. The smallest absolute Gasteiger partial charge is 0.322 e. The molecule has 0 fully saturated rings. The second-order valence-corrected chi connectivity index (χ2v) is 9.79. The van der Waals surface area contributed by atoms with Crippen molar-refractivity contribution in [3.63, 3.8) is 0 Å². The van der Waals surface area contributed by atoms with Crippen LogP contribution in [0, 0.1) is 0 Å². The average molecular weight is 470 g/mol. The lowest BCUT2D eigenvalue weighted by molar-refractivity contribution is -0.118. The lowest BCUT2D eigenvalue weighted by Gasteiger charge is -2.08. The molecule has 1 aromatic heterocycles. The standard InChI is InChI=1S/C19H17Cl2N3O5S/c1-11(2)30(26,27)14-5-3-4-12(8-14)18-23-24-19(29-18)22-17(25)10-28-16-7-6-13(20)9-15(16)21/h3-9,11H,10H2,1-2H3,(H,22,24,25). The van der Waals surface area contributed by atoms with Crippen molar-refractivity contribution < 1.29 is 22.4 Å². The fraction of sp³-hybridized carbons (Fsp3) is 0.211. The number of sulfone groups is 1. The van der Waals surface area contributed by atoms with E-state index in [4.69, 9.17) is 32.4 Å². The average Bonchev–Trinajstić information content (AvgIpc) is 3.15. The lowest BCUT2D eigenvalue weighted by Crippen LogP contribution is -2.20. The molecular weight excluding hydrogens is 453 g/mol. The van der Waals surface area contributed by atoms with Gasteiger partial charge in [0.15, 0.2) is 16.4 Å². The highest BCUT2D eigenvalue weighted by atomic mass is 35.5. The monoisotopic (exact) mass is 469 g/mol. The number of hydrogen-bond donors (Lipinski definition) is 1. The summed E-state index contributed by atoms with van der Waals surface area (Å²) in [5.41, 5.74) is 0.411. The van der Waals surface area contributed by atoms with Crippen LogP contribution in [-0.4, -0.2) is 36.4 Å². The number of carbonyl (C=O) groups excluding carboxylic acids is 1. The number of amides is 1. The van der Waals surface area contributed by atoms with Crippen LogP contribution in [0.15, 0.2) is 51.8 Å². The van der Waals surface area contributed by atoms with Gasteiger partial charge in [-0.15, -0.1) is 5.10 Å². The third-order valence-corrected chi connectivity index (χ3v) is 6.64. The van der Waals surface area contributed by atoms with Crippen molar-refractivity contribution in [3.8, 4) is 17.2 Å². The fourth-order valence-electron chi connectivity index (χ4n) is 2.36. The van der Waals surface area contributed by atoms with Crippen LogP contribution in [0.5, 0.6) is 5.75 Å². The number of nitrogens with zero attached hydrogens (tertiary/aromatic N) is 2. The van der Waals surface area contributed by atoms with Crippen molar-refractivity contribution in [1.82, 2.24) is 10.2 Å². The van der Waals surface area contributed by atoms with E-state index in [2.05, 4.69) is 15.5 Å². The van der Waals surface area contributed by atoms with Crippen molar-refractivity contribution in [2.45, 2.75) is 24.0 Å². The van der Waals surface area contributed by atoms with Crippen molar-refractivity contribution >= 4 is 45.0 Å². The highest BCUT2D eigenvalue weighted by Gasteiger charge is 2.20. The van der Waals surface area contributed by atoms with Crippen molar-refractivity contribution in [3.05, 3.63) is 52.5 Å². The summed E-state index contributed by atoms with van der Waals surface area (Å²) in [4.78, 5) is 12.2. The Kier molecular flexibility index (Phi) is 6.64. The van der Waals surface area contributed by atoms with Gasteiger partial charge in [0.05, 0.1) is 15.2 Å². The summed E-state index contributed by atoms with van der Waals surface area (Å²) in [5, 5.41) is 10.1. The van der Waals surface area contributed by atoms with E-state index >= 15 is 0 Å². The van der Waals surface area contributed by atoms with E-state index in [1.54, 1.807) is 38.1 Å². The van der Waals surface area contributed by atoms with Gasteiger partial charge in [-0.1, -0.05) is 34.4 Å². The van der Waals surface area contributed by atoms with Gasteiger partial charge in [-0.3, -0.25) is 10.1 Å². The van der Waals surface area contributed by atoms with Crippen LogP contribution >= 0.6 is 23.2 Å². The summed E-state index contributed by atoms with van der Waals surface area (Å²) in [5.74, 6) is -0.189. The number of ether oxygens (including phenoxy) is 1. The first-order valence-electron chi connectivity index (χ1n) is 8.72. The zero-order valence-electron chi connectivity index (χ0n) is 15.9. The summed E-state index contributed by atoms with van der Waals surface area (Å²) < 4.78 is 35.4. The predicted molar refractivity (Wildman–Crippen MR) is 113 cm³/mol. The number of rotatable bonds is 7. The minimum Gasteiger partial charge on any atom is -0.482 e. The normalized spacial score (nSPS) is 11.5. The van der Waals surface area contributed by atoms with Crippen LogP contribution in [0.1, 0.15) is 13.8 Å². The first-order valence-corrected chi connectivity index (χ1v) is 11.0. The second kappa shape index (κ2) is 9.03. The molecule has 11 heteroatoms. The lowest BCUT2D eigenvalue weighted by atomic mass is 10.2. The van der Waals surface area contributed by atoms with Crippen LogP contribution in [0.25, 0.3) is 11.5 Å². The van der Waals surface area contributed by atoms with E-state index in [9.17, 15) is 13.2 Å². The maximum atomic E-state index is 12.3. The third-order valence-electron chi connectivity index (χ3n) is 3.95. The van der Waals surface area contributed by atoms with Crippen molar-refractivity contribution in [2.24, 2.45) is 0 Å². The number of halogens is 2. The van der Waals surface area contributed by atoms with Crippen LogP contribution in [0.4, 0.5) is 6.01 Å². The SMILES string of the molecule is CC(C)S(=O)(=O)c1cccc(-c2nnc(NC(=O)COc3ccc(Cl)cc3Cl)o2)c1. The molecule has 0 atom stereocenters. The van der Waals surface area contributed by atoms with Gasteiger partial charge in [0.2, 0.25) is 5.89 Å². The van der Waals surface area contributed by atoms with Gasteiger partial charge >= 0.3 is 6.01 Å². The number of anilines is 1. The zero-order chi connectivity index (χ0) is 21.9. The van der Waals surface area contributed by atoms with E-state index in [-0.39, 0.29) is 28.4 Å². The number of hydrogen-bond acceptors (Lipinski definition) is 7. The molecular formula is C19H17Cl2N3O5S. The molecule has 0 spiro atoms. The molecule has 8 nitrogen and oxygen atoms in total. The summed E-state index contributed by atoms with van der Waals surface area (Å²) in [6, 6.07) is 10.6. The van der Waals surface area contributed by atoms with Crippen LogP contribution in [0.2, 0.25) is 10.0 Å². The number of benzene rings is 2. The Bertz CT molecular complexity index is 1180. The van der Waals surface area contributed by atoms with E-state index in [1.165, 1.54) is 18.2 Å². The van der Waals surface area contributed by atoms with Gasteiger partial charge in [0, 0.05) is 10.6 Å². The molecule has 30 heavy (non-hydrogen) atoms. The molecule has 0 aliphatic rings. The number of nitrogens with one attached hydrogen (secondary N) is 1. The van der Waals surface area contributed by atoms with E-state index in [1.807, 2.05) is 0 Å². The van der Waals surface area contributed by atoms with E-state index in [0.717, 1.165) is 0 Å². The largest absolute Gasteiger partial charge is 0.482 e. The van der Waals surface area contributed by atoms with Gasteiger partial charge in [-0.25, -0.2) is 8.42 Å². The molecule has 0 aliphatic heterocycles. The number of carbonyl (C=O) groups is 1. The van der Waals surface area contributed by atoms with Crippen molar-refractivity contribution in [1.29, 1.82) is 0 Å². The van der Waals surface area contributed by atoms with Crippen LogP contribution in [0.3, 0.4) is 0 Å². The van der Waals surface area contributed by atoms with Gasteiger partial charge in [-0.05, 0) is 50.2 Å². The summed E-state index contributed by atoms with van der Waals surface area (Å²) >= 11 is 11.8. The summed E-state index contributed by atoms with van der Waals surface area (Å²) in [6.45, 7) is 2.85. The third kappa shape index (κ3) is 5.10. The summed E-state index contributed by atoms with van der Waals surface area (Å²) in [7, 11) is -3.45. The van der Waals surface area contributed by atoms with Gasteiger partial charge < -0.3 is 9.15 Å². The first kappa shape index (κ1) is 22.1. The summed E-state index contributed by atoms with van der Waals surface area (Å²) in [6.07, 6.45) is 0. The molecule has 1 heterocycles. The second-order valence-electron chi connectivity index (χ2n) is 6.45. The van der Waals surface area contributed by atoms with E-state index in [0.29, 0.717) is 16.3 Å². The Labute approximate surface area is 183 Å². The topological polar surface area (TPSA) is 111 Å². The predicted octanol–water partition coefficient (Wildman–Crippen LogP) is 4.24. The zero-order valence-corrected chi connectivity index (χ0v) is 18.3. The quantitative estimate of drug-likeness (QED) is 0.550. The maximum absolute atomic E-state index is 12.3. The molecule has 0 radical (unpaired) electrons. The molecule has 158 valence electrons. The van der Waals surface area contributed by atoms with E-state index < -0.39 is 21.0 Å². The van der Waals surface area contributed by atoms with Gasteiger partial charge in [0.25, 0.3) is 5.91 Å². The molecule has 0 bridgehead atoms. The molecule has 2 aromatic carbocycles. The molecule has 0 saturated carbocycles. The molecule has 3 rings (SSSR count). The Balaban J connectivity index is 1.67. The maximum Gasteiger partial charge on any atom is 0.322 e. The molecule has 3 aromatic rings. The molecule has 1 amide bonds. The Morgan fingerprint density at radius 1 is 1.17 bits per heavy atom. The molecule has 0 unspecified atom stereocenters. The van der Waals surface area contributed by atoms with Crippen LogP contribution in [-0.2, 0) is 14.6 Å². The first-order chi connectivity index (χ1) is 14.2. The van der Waals surface area contributed by atoms with Gasteiger partial charge in [0.1, 0.15) is 5.75 Å². The number of aromatic nitrogens is 2. The van der Waals surface area contributed by atoms with Crippen LogP contribution < -0.4 is 10.1 Å². The molecule has 0 aliphatic carbocycles. The fourth-order valence-corrected chi connectivity index (χ4v) is 3.93. The Morgan fingerprint density at radius 2 is 1.93 bits per heavy atom. The Hall–Kier alpha value is -2.62.